The van der Waals surface area contributed by atoms with Crippen LogP contribution in [-0.2, 0) is 4.74 Å². The normalized spacial score (nSPS) is 10.6. The van der Waals surface area contributed by atoms with Gasteiger partial charge in [0.1, 0.15) is 12.4 Å². The summed E-state index contributed by atoms with van der Waals surface area (Å²) >= 11 is 0. The minimum atomic E-state index is 0.547. The van der Waals surface area contributed by atoms with Gasteiger partial charge in [-0.25, -0.2) is 0 Å². The Bertz CT molecular complexity index is 764. The van der Waals surface area contributed by atoms with Crippen molar-refractivity contribution in [1.82, 2.24) is 10.2 Å². The summed E-state index contributed by atoms with van der Waals surface area (Å²) in [5.41, 5.74) is 5.14. The molecule has 0 aliphatic heterocycles. The first-order valence-electron chi connectivity index (χ1n) is 7.86. The van der Waals surface area contributed by atoms with Crippen molar-refractivity contribution in [3.8, 4) is 28.3 Å². The van der Waals surface area contributed by atoms with Crippen molar-refractivity contribution in [1.29, 1.82) is 0 Å². The molecule has 3 aromatic rings. The van der Waals surface area contributed by atoms with Crippen LogP contribution in [0.2, 0.25) is 0 Å². The van der Waals surface area contributed by atoms with Gasteiger partial charge < -0.3 is 14.8 Å². The first kappa shape index (κ1) is 16.1. The third-order valence-electron chi connectivity index (χ3n) is 3.77. The summed E-state index contributed by atoms with van der Waals surface area (Å²) in [4.78, 5) is 0. The van der Waals surface area contributed by atoms with Crippen molar-refractivity contribution < 1.29 is 9.47 Å². The summed E-state index contributed by atoms with van der Waals surface area (Å²) in [7, 11) is 3.57. The minimum absolute atomic E-state index is 0.547. The van der Waals surface area contributed by atoms with Gasteiger partial charge in [-0.1, -0.05) is 12.1 Å². The van der Waals surface area contributed by atoms with Gasteiger partial charge in [0.05, 0.1) is 18.0 Å². The fourth-order valence-electron chi connectivity index (χ4n) is 2.40. The van der Waals surface area contributed by atoms with E-state index in [-0.39, 0.29) is 0 Å². The lowest BCUT2D eigenvalue weighted by atomic mass is 10.1. The molecule has 24 heavy (non-hydrogen) atoms. The molecule has 3 rings (SSSR count). The number of methoxy groups -OCH3 is 1. The molecule has 0 aliphatic carbocycles. The molecule has 0 atom stereocenters. The van der Waals surface area contributed by atoms with Crippen LogP contribution >= 0.6 is 0 Å². The molecular formula is C19H21N3O2. The summed E-state index contributed by atoms with van der Waals surface area (Å²) < 4.78 is 10.5. The average molecular weight is 323 g/mol. The molecule has 2 N–H and O–H groups in total. The highest BCUT2D eigenvalue weighted by Crippen LogP contribution is 2.26. The Kier molecular flexibility index (Phi) is 5.13. The second kappa shape index (κ2) is 7.66. The fraction of sp³-hybridized carbons (Fsp3) is 0.211. The molecular weight excluding hydrogens is 302 g/mol. The third-order valence-corrected chi connectivity index (χ3v) is 3.77. The highest BCUT2D eigenvalue weighted by Gasteiger charge is 2.06. The van der Waals surface area contributed by atoms with E-state index in [9.17, 15) is 0 Å². The Labute approximate surface area is 141 Å². The summed E-state index contributed by atoms with van der Waals surface area (Å²) in [6, 6.07) is 18.2. The molecule has 0 unspecified atom stereocenters. The maximum absolute atomic E-state index is 5.57. The largest absolute Gasteiger partial charge is 0.491 e. The van der Waals surface area contributed by atoms with Crippen LogP contribution in [0.5, 0.6) is 5.75 Å². The van der Waals surface area contributed by atoms with Crippen molar-refractivity contribution in [3.63, 3.8) is 0 Å². The number of H-pyrrole nitrogens is 1. The number of aromatic amines is 1. The fourth-order valence-corrected chi connectivity index (χ4v) is 2.40. The molecule has 0 radical (unpaired) electrons. The van der Waals surface area contributed by atoms with Crippen molar-refractivity contribution in [2.24, 2.45) is 0 Å². The van der Waals surface area contributed by atoms with E-state index in [1.807, 2.05) is 43.4 Å². The van der Waals surface area contributed by atoms with Crippen LogP contribution in [0, 0.1) is 0 Å². The maximum atomic E-state index is 5.57. The lowest BCUT2D eigenvalue weighted by Gasteiger charge is -2.05. The van der Waals surface area contributed by atoms with E-state index < -0.39 is 0 Å². The molecule has 5 nitrogen and oxygen atoms in total. The van der Waals surface area contributed by atoms with Gasteiger partial charge in [-0.05, 0) is 48.0 Å². The lowest BCUT2D eigenvalue weighted by Crippen LogP contribution is -2.03. The third kappa shape index (κ3) is 3.75. The van der Waals surface area contributed by atoms with Crippen molar-refractivity contribution >= 4 is 5.69 Å². The second-order valence-electron chi connectivity index (χ2n) is 5.36. The van der Waals surface area contributed by atoms with Crippen LogP contribution in [-0.4, -0.2) is 37.6 Å². The van der Waals surface area contributed by atoms with Crippen molar-refractivity contribution in [2.45, 2.75) is 0 Å². The van der Waals surface area contributed by atoms with Crippen LogP contribution in [0.4, 0.5) is 5.69 Å². The zero-order valence-corrected chi connectivity index (χ0v) is 13.9. The molecule has 0 bridgehead atoms. The molecule has 1 heterocycles. The first-order chi connectivity index (χ1) is 11.8. The van der Waals surface area contributed by atoms with Crippen LogP contribution < -0.4 is 10.1 Å². The van der Waals surface area contributed by atoms with Gasteiger partial charge in [0, 0.05) is 25.4 Å². The number of hydrogen-bond acceptors (Lipinski definition) is 4. The number of ether oxygens (including phenoxy) is 2. The molecule has 2 aromatic carbocycles. The highest BCUT2D eigenvalue weighted by molar-refractivity contribution is 5.69. The van der Waals surface area contributed by atoms with Crippen LogP contribution in [0.25, 0.3) is 22.5 Å². The molecule has 1 aromatic heterocycles. The number of anilines is 1. The monoisotopic (exact) mass is 323 g/mol. The van der Waals surface area contributed by atoms with Gasteiger partial charge in [0.15, 0.2) is 0 Å². The molecule has 0 spiro atoms. The predicted octanol–water partition coefficient (Wildman–Crippen LogP) is 3.81. The van der Waals surface area contributed by atoms with Crippen LogP contribution in [0.3, 0.4) is 0 Å². The predicted molar refractivity (Wildman–Crippen MR) is 96.4 cm³/mol. The second-order valence-corrected chi connectivity index (χ2v) is 5.36. The van der Waals surface area contributed by atoms with Crippen LogP contribution in [0.15, 0.2) is 54.6 Å². The topological polar surface area (TPSA) is 59.2 Å². The number of hydrogen-bond donors (Lipinski definition) is 2. The van der Waals surface area contributed by atoms with Gasteiger partial charge >= 0.3 is 0 Å². The Morgan fingerprint density at radius 3 is 2.33 bits per heavy atom. The molecule has 0 amide bonds. The maximum Gasteiger partial charge on any atom is 0.119 e. The molecule has 0 saturated heterocycles. The number of benzene rings is 2. The molecule has 124 valence electrons. The lowest BCUT2D eigenvalue weighted by molar-refractivity contribution is 0.146. The van der Waals surface area contributed by atoms with E-state index in [2.05, 4.69) is 33.7 Å². The number of nitrogens with one attached hydrogen (secondary N) is 2. The SMILES string of the molecule is CNc1ccc(-c2cc(-c3ccc(OCCOC)cc3)n[nH]2)cc1. The van der Waals surface area contributed by atoms with E-state index in [1.54, 1.807) is 7.11 Å². The van der Waals surface area contributed by atoms with E-state index in [4.69, 9.17) is 9.47 Å². The number of nitrogens with zero attached hydrogens (tertiary/aromatic N) is 1. The number of aromatic nitrogens is 2. The van der Waals surface area contributed by atoms with Crippen molar-refractivity contribution in [2.75, 3.05) is 32.7 Å². The summed E-state index contributed by atoms with van der Waals surface area (Å²) in [6.45, 7) is 1.13. The molecule has 0 fully saturated rings. The van der Waals surface area contributed by atoms with Gasteiger partial charge in [0.25, 0.3) is 0 Å². The zero-order chi connectivity index (χ0) is 16.8. The molecule has 0 aliphatic rings. The summed E-state index contributed by atoms with van der Waals surface area (Å²) in [5, 5.41) is 10.6. The molecule has 5 heteroatoms. The van der Waals surface area contributed by atoms with Gasteiger partial charge in [-0.15, -0.1) is 0 Å². The van der Waals surface area contributed by atoms with Gasteiger partial charge in [0.2, 0.25) is 0 Å². The Morgan fingerprint density at radius 1 is 0.958 bits per heavy atom. The van der Waals surface area contributed by atoms with Crippen molar-refractivity contribution in [3.05, 3.63) is 54.6 Å². The van der Waals surface area contributed by atoms with Crippen LogP contribution in [0.1, 0.15) is 0 Å². The van der Waals surface area contributed by atoms with E-state index in [0.29, 0.717) is 13.2 Å². The van der Waals surface area contributed by atoms with E-state index in [1.165, 1.54) is 0 Å². The Morgan fingerprint density at radius 2 is 1.67 bits per heavy atom. The van der Waals surface area contributed by atoms with E-state index >= 15 is 0 Å². The highest BCUT2D eigenvalue weighted by atomic mass is 16.5. The van der Waals surface area contributed by atoms with Gasteiger partial charge in [-0.3, -0.25) is 5.10 Å². The Balaban J connectivity index is 1.72. The number of rotatable bonds is 7. The standard InChI is InChI=1S/C19H21N3O2/c1-20-16-7-3-14(4-8-16)18-13-19(22-21-18)15-5-9-17(10-6-15)24-12-11-23-2/h3-10,13,20H,11-12H2,1-2H3,(H,21,22). The minimum Gasteiger partial charge on any atom is -0.491 e. The average Bonchev–Trinajstić information content (AvgIpc) is 3.13. The Hall–Kier alpha value is -2.79. The zero-order valence-electron chi connectivity index (χ0n) is 13.9. The van der Waals surface area contributed by atoms with E-state index in [0.717, 1.165) is 34.0 Å². The quantitative estimate of drug-likeness (QED) is 0.649. The smallest absolute Gasteiger partial charge is 0.119 e. The summed E-state index contributed by atoms with van der Waals surface area (Å²) in [5.74, 6) is 0.828. The summed E-state index contributed by atoms with van der Waals surface area (Å²) in [6.07, 6.45) is 0. The first-order valence-corrected chi connectivity index (χ1v) is 7.86. The molecule has 0 saturated carbocycles. The van der Waals surface area contributed by atoms with Gasteiger partial charge in [-0.2, -0.15) is 5.10 Å².